The molecule has 0 aliphatic heterocycles. The molecule has 4 heterocycles. The third kappa shape index (κ3) is 1.84. The first kappa shape index (κ1) is 12.5. The number of aromatic nitrogens is 7. The van der Waals surface area contributed by atoms with Crippen molar-refractivity contribution in [2.45, 2.75) is 6.61 Å². The number of nitrogens with two attached hydrogens (primary N) is 1. The van der Waals surface area contributed by atoms with Crippen LogP contribution in [0.15, 0.2) is 30.7 Å². The molecule has 0 spiro atoms. The van der Waals surface area contributed by atoms with Gasteiger partial charge in [-0.1, -0.05) is 0 Å². The molecule has 0 radical (unpaired) electrons. The second kappa shape index (κ2) is 4.67. The van der Waals surface area contributed by atoms with Gasteiger partial charge in [-0.05, 0) is 12.1 Å². The van der Waals surface area contributed by atoms with Gasteiger partial charge in [0, 0.05) is 0 Å². The van der Waals surface area contributed by atoms with Gasteiger partial charge in [-0.15, -0.1) is 0 Å². The molecule has 0 aromatic carbocycles. The lowest BCUT2D eigenvalue weighted by molar-refractivity contribution is 0.276. The molecule has 0 aliphatic carbocycles. The van der Waals surface area contributed by atoms with E-state index in [9.17, 15) is 0 Å². The Labute approximate surface area is 123 Å². The first-order valence-electron chi connectivity index (χ1n) is 6.55. The molecule has 0 unspecified atom stereocenters. The fraction of sp³-hybridized carbons (Fsp3) is 0.0769. The van der Waals surface area contributed by atoms with Crippen LogP contribution in [-0.4, -0.2) is 40.1 Å². The molecule has 0 amide bonds. The molecule has 9 nitrogen and oxygen atoms in total. The van der Waals surface area contributed by atoms with E-state index < -0.39 is 0 Å². The summed E-state index contributed by atoms with van der Waals surface area (Å²) in [6.07, 6.45) is 5.08. The fourth-order valence-corrected chi connectivity index (χ4v) is 2.31. The number of fused-ring (bicyclic) bond motifs is 1. The van der Waals surface area contributed by atoms with Crippen LogP contribution < -0.4 is 5.73 Å². The van der Waals surface area contributed by atoms with Crippen LogP contribution in [0.2, 0.25) is 0 Å². The van der Waals surface area contributed by atoms with Crippen molar-refractivity contribution in [3.05, 3.63) is 36.4 Å². The Morgan fingerprint density at radius 3 is 2.91 bits per heavy atom. The molecule has 0 saturated carbocycles. The number of aliphatic hydroxyl groups is 1. The maximum absolute atomic E-state index is 9.14. The average Bonchev–Trinajstić information content (AvgIpc) is 3.26. The molecule has 0 saturated heterocycles. The van der Waals surface area contributed by atoms with Crippen LogP contribution in [0.5, 0.6) is 0 Å². The number of rotatable bonds is 3. The summed E-state index contributed by atoms with van der Waals surface area (Å²) in [6.45, 7) is -0.113. The lowest BCUT2D eigenvalue weighted by Crippen LogP contribution is -1.98. The first-order chi connectivity index (χ1) is 10.8. The molecule has 4 rings (SSSR count). The monoisotopic (exact) mass is 296 g/mol. The smallest absolute Gasteiger partial charge is 0.128 e. The highest BCUT2D eigenvalue weighted by molar-refractivity contribution is 5.83. The summed E-state index contributed by atoms with van der Waals surface area (Å²) >= 11 is 0. The molecule has 110 valence electrons. The van der Waals surface area contributed by atoms with Gasteiger partial charge in [0.05, 0.1) is 42.0 Å². The van der Waals surface area contributed by atoms with E-state index in [0.717, 1.165) is 5.52 Å². The highest BCUT2D eigenvalue weighted by Gasteiger charge is 2.15. The molecule has 5 N–H and O–H groups in total. The van der Waals surface area contributed by atoms with Gasteiger partial charge in [-0.25, -0.2) is 9.50 Å². The van der Waals surface area contributed by atoms with Crippen molar-refractivity contribution in [3.63, 3.8) is 0 Å². The van der Waals surface area contributed by atoms with Gasteiger partial charge in [-0.2, -0.15) is 15.3 Å². The Kier molecular flexibility index (Phi) is 2.66. The minimum Gasteiger partial charge on any atom is -0.390 e. The highest BCUT2D eigenvalue weighted by atomic mass is 16.3. The van der Waals surface area contributed by atoms with Crippen molar-refractivity contribution in [2.24, 2.45) is 0 Å². The molecule has 9 heteroatoms. The van der Waals surface area contributed by atoms with Crippen molar-refractivity contribution in [2.75, 3.05) is 5.73 Å². The van der Waals surface area contributed by atoms with Crippen LogP contribution in [-0.2, 0) is 6.61 Å². The van der Waals surface area contributed by atoms with Crippen molar-refractivity contribution in [3.8, 4) is 22.6 Å². The number of nitrogen functional groups attached to an aromatic ring is 1. The summed E-state index contributed by atoms with van der Waals surface area (Å²) in [4.78, 5) is 4.63. The molecule has 0 atom stereocenters. The lowest BCUT2D eigenvalue weighted by atomic mass is 10.2. The highest BCUT2D eigenvalue weighted by Crippen LogP contribution is 2.28. The second-order valence-corrected chi connectivity index (χ2v) is 4.77. The van der Waals surface area contributed by atoms with E-state index in [4.69, 9.17) is 10.8 Å². The molecule has 4 aromatic rings. The number of hydrogen-bond acceptors (Lipinski definition) is 6. The molecular formula is C13H12N8O. The van der Waals surface area contributed by atoms with E-state index in [0.29, 0.717) is 34.2 Å². The van der Waals surface area contributed by atoms with E-state index >= 15 is 0 Å². The van der Waals surface area contributed by atoms with E-state index in [1.807, 2.05) is 6.07 Å². The summed E-state index contributed by atoms with van der Waals surface area (Å²) in [5, 5.41) is 26.9. The largest absolute Gasteiger partial charge is 0.390 e. The zero-order valence-electron chi connectivity index (χ0n) is 11.4. The summed E-state index contributed by atoms with van der Waals surface area (Å²) in [6, 6.07) is 3.59. The molecule has 0 bridgehead atoms. The third-order valence-corrected chi connectivity index (χ3v) is 3.38. The van der Waals surface area contributed by atoms with Gasteiger partial charge in [0.15, 0.2) is 0 Å². The fourth-order valence-electron chi connectivity index (χ4n) is 2.31. The van der Waals surface area contributed by atoms with Crippen molar-refractivity contribution < 1.29 is 5.11 Å². The molecule has 22 heavy (non-hydrogen) atoms. The molecular weight excluding hydrogens is 284 g/mol. The predicted molar refractivity (Wildman–Crippen MR) is 78.5 cm³/mol. The van der Waals surface area contributed by atoms with Gasteiger partial charge in [0.25, 0.3) is 0 Å². The Balaban J connectivity index is 1.96. The SMILES string of the molecule is Nc1[nH]ncc1-c1nc(-c2cc(CO)[nH]n2)cn2nccc12. The molecule has 4 aromatic heterocycles. The number of anilines is 1. The molecule has 0 aliphatic rings. The number of aromatic amines is 2. The Morgan fingerprint density at radius 2 is 2.18 bits per heavy atom. The minimum absolute atomic E-state index is 0.113. The van der Waals surface area contributed by atoms with Crippen molar-refractivity contribution >= 4 is 11.3 Å². The zero-order chi connectivity index (χ0) is 15.1. The number of hydrogen-bond donors (Lipinski definition) is 4. The van der Waals surface area contributed by atoms with Crippen LogP contribution in [0.4, 0.5) is 5.82 Å². The minimum atomic E-state index is -0.113. The summed E-state index contributed by atoms with van der Waals surface area (Å²) in [5.41, 5.74) is 9.92. The first-order valence-corrected chi connectivity index (χ1v) is 6.55. The van der Waals surface area contributed by atoms with E-state index in [1.54, 1.807) is 29.2 Å². The number of nitrogens with zero attached hydrogens (tertiary/aromatic N) is 5. The van der Waals surface area contributed by atoms with Crippen LogP contribution in [0.3, 0.4) is 0 Å². The van der Waals surface area contributed by atoms with Crippen LogP contribution in [0.1, 0.15) is 5.69 Å². The van der Waals surface area contributed by atoms with Gasteiger partial charge in [0.1, 0.15) is 22.9 Å². The standard InChI is InChI=1S/C13H12N8O/c14-13-8(4-15-20-13)12-11-1-2-16-21(11)5-10(17-12)9-3-7(6-22)18-19-9/h1-5,22H,6H2,(H,18,19)(H3,14,15,20). The van der Waals surface area contributed by atoms with E-state index in [1.165, 1.54) is 0 Å². The predicted octanol–water partition coefficient (Wildman–Crippen LogP) is 0.584. The van der Waals surface area contributed by atoms with Crippen LogP contribution in [0.25, 0.3) is 28.2 Å². The van der Waals surface area contributed by atoms with E-state index in [2.05, 4.69) is 30.5 Å². The summed E-state index contributed by atoms with van der Waals surface area (Å²) in [7, 11) is 0. The van der Waals surface area contributed by atoms with E-state index in [-0.39, 0.29) is 6.61 Å². The maximum Gasteiger partial charge on any atom is 0.128 e. The van der Waals surface area contributed by atoms with Gasteiger partial charge < -0.3 is 10.8 Å². The third-order valence-electron chi connectivity index (χ3n) is 3.38. The van der Waals surface area contributed by atoms with Gasteiger partial charge in [-0.3, -0.25) is 10.2 Å². The average molecular weight is 296 g/mol. The zero-order valence-corrected chi connectivity index (χ0v) is 11.4. The number of nitrogens with one attached hydrogen (secondary N) is 2. The normalized spacial score (nSPS) is 11.3. The van der Waals surface area contributed by atoms with Crippen molar-refractivity contribution in [1.29, 1.82) is 0 Å². The summed E-state index contributed by atoms with van der Waals surface area (Å²) in [5.74, 6) is 0.436. The van der Waals surface area contributed by atoms with Crippen molar-refractivity contribution in [1.82, 2.24) is 35.0 Å². The molecule has 0 fully saturated rings. The van der Waals surface area contributed by atoms with Crippen LogP contribution >= 0.6 is 0 Å². The Morgan fingerprint density at radius 1 is 1.27 bits per heavy atom. The van der Waals surface area contributed by atoms with Crippen LogP contribution in [0, 0.1) is 0 Å². The second-order valence-electron chi connectivity index (χ2n) is 4.77. The maximum atomic E-state index is 9.14. The Hall–Kier alpha value is -3.20. The lowest BCUT2D eigenvalue weighted by Gasteiger charge is -2.05. The topological polar surface area (TPSA) is 134 Å². The van der Waals surface area contributed by atoms with Gasteiger partial charge >= 0.3 is 0 Å². The number of H-pyrrole nitrogens is 2. The Bertz CT molecular complexity index is 950. The van der Waals surface area contributed by atoms with Gasteiger partial charge in [0.2, 0.25) is 0 Å². The quantitative estimate of drug-likeness (QED) is 0.437. The summed E-state index contributed by atoms with van der Waals surface area (Å²) < 4.78 is 1.71. The number of aliphatic hydroxyl groups excluding tert-OH is 1.